The van der Waals surface area contributed by atoms with Crippen molar-refractivity contribution in [2.75, 3.05) is 67.5 Å². The van der Waals surface area contributed by atoms with Crippen molar-refractivity contribution in [3.8, 4) is 0 Å². The van der Waals surface area contributed by atoms with E-state index in [1.165, 1.54) is 12.1 Å². The number of aromatic nitrogens is 2. The molecule has 0 unspecified atom stereocenters. The Hall–Kier alpha value is -4.99. The number of halogens is 3. The summed E-state index contributed by atoms with van der Waals surface area (Å²) in [6.07, 6.45) is 1.15. The Morgan fingerprint density at radius 1 is 0.825 bits per heavy atom. The molecular formula is C42H49F3N8O4. The summed E-state index contributed by atoms with van der Waals surface area (Å²) in [6.45, 7) is 6.89. The van der Waals surface area contributed by atoms with Gasteiger partial charge in [0.25, 0.3) is 5.91 Å². The Morgan fingerprint density at radius 3 is 2.30 bits per heavy atom. The molecule has 1 aromatic heterocycles. The maximum Gasteiger partial charge on any atom is 0.416 e. The Kier molecular flexibility index (Phi) is 11.2. The lowest BCUT2D eigenvalue weighted by Crippen LogP contribution is -2.53. The van der Waals surface area contributed by atoms with Gasteiger partial charge in [0, 0.05) is 81.3 Å². The molecule has 4 aliphatic rings. The van der Waals surface area contributed by atoms with Gasteiger partial charge in [0.15, 0.2) is 0 Å². The molecule has 3 N–H and O–H groups in total. The minimum Gasteiger partial charge on any atom is -0.396 e. The summed E-state index contributed by atoms with van der Waals surface area (Å²) < 4.78 is 42.3. The van der Waals surface area contributed by atoms with Crippen LogP contribution in [0.4, 0.5) is 35.3 Å². The van der Waals surface area contributed by atoms with Gasteiger partial charge in [0.1, 0.15) is 0 Å². The largest absolute Gasteiger partial charge is 0.416 e. The van der Waals surface area contributed by atoms with Gasteiger partial charge in [-0.1, -0.05) is 18.2 Å². The van der Waals surface area contributed by atoms with Crippen LogP contribution in [0.1, 0.15) is 72.5 Å². The quantitative estimate of drug-likeness (QED) is 0.182. The van der Waals surface area contributed by atoms with Gasteiger partial charge in [-0.2, -0.15) is 13.2 Å². The van der Waals surface area contributed by atoms with Crippen LogP contribution in [-0.2, 0) is 17.5 Å². The smallest absolute Gasteiger partial charge is 0.396 e. The summed E-state index contributed by atoms with van der Waals surface area (Å²) in [4.78, 5) is 51.2. The second-order valence-electron chi connectivity index (χ2n) is 15.8. The van der Waals surface area contributed by atoms with E-state index in [4.69, 9.17) is 4.98 Å². The number of piperazine rings is 1. The molecule has 0 atom stereocenters. The zero-order valence-corrected chi connectivity index (χ0v) is 31.9. The average Bonchev–Trinajstić information content (AvgIpc) is 3.58. The highest BCUT2D eigenvalue weighted by Gasteiger charge is 2.33. The molecule has 3 saturated heterocycles. The summed E-state index contributed by atoms with van der Waals surface area (Å²) in [6, 6.07) is 18.8. The number of nitrogens with one attached hydrogen (secondary N) is 2. The average molecular weight is 787 g/mol. The third kappa shape index (κ3) is 8.65. The molecule has 15 heteroatoms. The lowest BCUT2D eigenvalue weighted by Gasteiger charge is -2.43. The van der Waals surface area contributed by atoms with Crippen LogP contribution in [0.25, 0.3) is 11.0 Å². The monoisotopic (exact) mass is 786 g/mol. The van der Waals surface area contributed by atoms with Crippen LogP contribution in [0.5, 0.6) is 0 Å². The summed E-state index contributed by atoms with van der Waals surface area (Å²) in [5, 5.41) is 15.0. The van der Waals surface area contributed by atoms with Crippen molar-refractivity contribution in [2.24, 2.45) is 5.92 Å². The Bertz CT molecular complexity index is 2100. The minimum absolute atomic E-state index is 0.0245. The molecule has 8 rings (SSSR count). The standard InChI is InChI=1S/C42H49F3N8O4/c43-42(44,45)31-5-2-4-30(24-31)39(56)48-40-46-36-25-34(11-12-37(36)53(40)33-9-7-28(27-54)8-10-33)51-21-19-50(20-22-51)32-13-16-49(17-14-32)26-29-3-1-6-35(23-29)52-18-15-38(55)47-41(52)57/h1-6,11-12,23-25,28,32-33,54H,7-10,13-22,26-27H2,(H,46,48,56)(H,47,55,57). The number of carbonyl (C=O) groups excluding carboxylic acids is 3. The molecule has 4 heterocycles. The van der Waals surface area contributed by atoms with Gasteiger partial charge in [-0.05, 0) is 112 Å². The van der Waals surface area contributed by atoms with Crippen LogP contribution >= 0.6 is 0 Å². The van der Waals surface area contributed by atoms with E-state index in [0.717, 1.165) is 119 Å². The Balaban J connectivity index is 0.899. The number of benzene rings is 3. The number of nitrogens with zero attached hydrogens (tertiary/aromatic N) is 6. The number of aliphatic hydroxyl groups excluding tert-OH is 1. The molecule has 4 amide bonds. The molecule has 4 fully saturated rings. The molecule has 12 nitrogen and oxygen atoms in total. The number of piperidine rings is 1. The topological polar surface area (TPSA) is 126 Å². The number of aliphatic hydroxyl groups is 1. The Morgan fingerprint density at radius 2 is 1.58 bits per heavy atom. The molecule has 0 radical (unpaired) electrons. The Labute approximate surface area is 329 Å². The number of likely N-dealkylation sites (tertiary alicyclic amines) is 1. The van der Waals surface area contributed by atoms with Crippen molar-refractivity contribution in [1.82, 2.24) is 24.7 Å². The van der Waals surface area contributed by atoms with Crippen LogP contribution in [0, 0.1) is 5.92 Å². The number of anilines is 3. The summed E-state index contributed by atoms with van der Waals surface area (Å²) >= 11 is 0. The highest BCUT2D eigenvalue weighted by molar-refractivity contribution is 6.06. The fourth-order valence-corrected chi connectivity index (χ4v) is 9.02. The first kappa shape index (κ1) is 38.9. The number of carbonyl (C=O) groups is 3. The predicted octanol–water partition coefficient (Wildman–Crippen LogP) is 6.26. The highest BCUT2D eigenvalue weighted by Crippen LogP contribution is 2.38. The normalized spacial score (nSPS) is 21.9. The lowest BCUT2D eigenvalue weighted by molar-refractivity contribution is -0.137. The van der Waals surface area contributed by atoms with Crippen LogP contribution < -0.4 is 20.4 Å². The molecule has 302 valence electrons. The van der Waals surface area contributed by atoms with E-state index in [9.17, 15) is 32.7 Å². The van der Waals surface area contributed by atoms with Crippen molar-refractivity contribution >= 4 is 46.2 Å². The van der Waals surface area contributed by atoms with Crippen molar-refractivity contribution in [1.29, 1.82) is 0 Å². The third-order valence-electron chi connectivity index (χ3n) is 12.2. The van der Waals surface area contributed by atoms with Crippen LogP contribution in [-0.4, -0.2) is 101 Å². The maximum atomic E-state index is 13.4. The molecule has 4 aromatic rings. The number of fused-ring (bicyclic) bond motifs is 1. The SMILES string of the molecule is O=C1CCN(c2cccc(CN3CCC(N4CCN(c5ccc6c(c5)nc(NC(=O)c5cccc(C(F)(F)F)c5)n6C5CCC(CO)CC5)CC4)CC3)c2)C(=O)N1. The second-order valence-corrected chi connectivity index (χ2v) is 15.8. The summed E-state index contributed by atoms with van der Waals surface area (Å²) in [7, 11) is 0. The maximum absolute atomic E-state index is 13.4. The number of amides is 4. The van der Waals surface area contributed by atoms with Crippen LogP contribution in [0.3, 0.4) is 0 Å². The number of alkyl halides is 3. The molecule has 0 bridgehead atoms. The van der Waals surface area contributed by atoms with E-state index < -0.39 is 17.6 Å². The van der Waals surface area contributed by atoms with Crippen LogP contribution in [0.15, 0.2) is 66.7 Å². The zero-order chi connectivity index (χ0) is 39.7. The lowest BCUT2D eigenvalue weighted by atomic mass is 9.86. The van der Waals surface area contributed by atoms with E-state index in [1.807, 2.05) is 34.9 Å². The molecule has 0 spiro atoms. The molecule has 57 heavy (non-hydrogen) atoms. The molecule has 1 aliphatic carbocycles. The number of imide groups is 1. The molecule has 3 aliphatic heterocycles. The first-order valence-electron chi connectivity index (χ1n) is 20.1. The molecule has 1 saturated carbocycles. The van der Waals surface area contributed by atoms with E-state index in [1.54, 1.807) is 4.90 Å². The fourth-order valence-electron chi connectivity index (χ4n) is 9.02. The minimum atomic E-state index is -4.57. The number of urea groups is 1. The molecule has 3 aromatic carbocycles. The first-order chi connectivity index (χ1) is 27.5. The predicted molar refractivity (Wildman–Crippen MR) is 211 cm³/mol. The van der Waals surface area contributed by atoms with Gasteiger partial charge in [-0.15, -0.1) is 0 Å². The van der Waals surface area contributed by atoms with Gasteiger partial charge in [-0.3, -0.25) is 34.9 Å². The highest BCUT2D eigenvalue weighted by atomic mass is 19.4. The third-order valence-corrected chi connectivity index (χ3v) is 12.2. The fraction of sp³-hybridized carbons (Fsp3) is 0.476. The van der Waals surface area contributed by atoms with Gasteiger partial charge in [0.2, 0.25) is 11.9 Å². The number of rotatable bonds is 9. The molecular weight excluding hydrogens is 738 g/mol. The van der Waals surface area contributed by atoms with Gasteiger partial charge >= 0.3 is 12.2 Å². The van der Waals surface area contributed by atoms with Crippen molar-refractivity contribution in [3.05, 3.63) is 83.4 Å². The summed E-state index contributed by atoms with van der Waals surface area (Å²) in [5.74, 6) is -0.350. The van der Waals surface area contributed by atoms with E-state index in [-0.39, 0.29) is 36.1 Å². The first-order valence-corrected chi connectivity index (χ1v) is 20.1. The van der Waals surface area contributed by atoms with Crippen molar-refractivity contribution in [3.63, 3.8) is 0 Å². The van der Waals surface area contributed by atoms with Gasteiger partial charge in [-0.25, -0.2) is 9.78 Å². The zero-order valence-electron chi connectivity index (χ0n) is 31.9. The number of imidazole rings is 1. The van der Waals surface area contributed by atoms with E-state index in [2.05, 4.69) is 37.5 Å². The van der Waals surface area contributed by atoms with E-state index >= 15 is 0 Å². The number of hydrogen-bond acceptors (Lipinski definition) is 8. The van der Waals surface area contributed by atoms with Gasteiger partial charge < -0.3 is 14.6 Å². The van der Waals surface area contributed by atoms with Gasteiger partial charge in [0.05, 0.1) is 16.6 Å². The van der Waals surface area contributed by atoms with Crippen molar-refractivity contribution < 1.29 is 32.7 Å². The van der Waals surface area contributed by atoms with Crippen LogP contribution in [0.2, 0.25) is 0 Å². The summed E-state index contributed by atoms with van der Waals surface area (Å²) in [5.41, 5.74) is 3.59. The number of hydrogen-bond donors (Lipinski definition) is 3. The second kappa shape index (κ2) is 16.5. The van der Waals surface area contributed by atoms with E-state index in [0.29, 0.717) is 30.5 Å². The van der Waals surface area contributed by atoms with Crippen molar-refractivity contribution in [2.45, 2.75) is 69.8 Å².